The maximum Gasteiger partial charge on any atom is 0.335 e. The number of benzene rings is 2. The number of nitrogens with one attached hydrogen (secondary N) is 1. The number of aromatic carboxylic acids is 1. The van der Waals surface area contributed by atoms with Crippen molar-refractivity contribution < 1.29 is 24.5 Å². The molecule has 2 aromatic rings. The molecule has 0 bridgehead atoms. The van der Waals surface area contributed by atoms with E-state index < -0.39 is 11.9 Å². The van der Waals surface area contributed by atoms with Crippen LogP contribution >= 0.6 is 0 Å². The lowest BCUT2D eigenvalue weighted by Gasteiger charge is -2.06. The molecule has 0 aliphatic rings. The molecule has 0 aliphatic carbocycles. The van der Waals surface area contributed by atoms with Crippen LogP contribution in [0.3, 0.4) is 0 Å². The van der Waals surface area contributed by atoms with Gasteiger partial charge in [-0.2, -0.15) is 0 Å². The third-order valence-corrected chi connectivity index (χ3v) is 3.05. The summed E-state index contributed by atoms with van der Waals surface area (Å²) >= 11 is 0. The molecule has 0 spiro atoms. The fourth-order valence-electron chi connectivity index (χ4n) is 1.83. The van der Waals surface area contributed by atoms with Crippen molar-refractivity contribution >= 4 is 23.6 Å². The lowest BCUT2D eigenvalue weighted by atomic mass is 10.2. The van der Waals surface area contributed by atoms with Gasteiger partial charge in [0.05, 0.1) is 18.4 Å². The van der Waals surface area contributed by atoms with Crippen molar-refractivity contribution in [2.45, 2.75) is 0 Å². The molecular formula is C17H15NO5. The summed E-state index contributed by atoms with van der Waals surface area (Å²) in [4.78, 5) is 22.6. The Hall–Kier alpha value is -3.28. The van der Waals surface area contributed by atoms with Crippen LogP contribution in [0.5, 0.6) is 11.5 Å². The molecule has 6 heteroatoms. The van der Waals surface area contributed by atoms with Crippen LogP contribution in [0.4, 0.5) is 5.69 Å². The molecule has 2 rings (SSSR count). The molecule has 118 valence electrons. The van der Waals surface area contributed by atoms with Crippen LogP contribution in [-0.4, -0.2) is 29.2 Å². The number of carboxylic acid groups (broad SMARTS) is 1. The van der Waals surface area contributed by atoms with E-state index in [1.165, 1.54) is 18.2 Å². The van der Waals surface area contributed by atoms with E-state index in [-0.39, 0.29) is 17.0 Å². The first-order chi connectivity index (χ1) is 11.0. The smallest absolute Gasteiger partial charge is 0.335 e. The second-order valence-electron chi connectivity index (χ2n) is 4.63. The van der Waals surface area contributed by atoms with Crippen LogP contribution in [0.25, 0.3) is 6.08 Å². The highest BCUT2D eigenvalue weighted by molar-refractivity contribution is 6.03. The average molecular weight is 313 g/mol. The van der Waals surface area contributed by atoms with Gasteiger partial charge in [-0.05, 0) is 42.0 Å². The zero-order chi connectivity index (χ0) is 16.8. The van der Waals surface area contributed by atoms with Crippen molar-refractivity contribution in [1.82, 2.24) is 0 Å². The largest absolute Gasteiger partial charge is 0.506 e. The van der Waals surface area contributed by atoms with Crippen LogP contribution < -0.4 is 10.1 Å². The molecule has 0 aliphatic heterocycles. The van der Waals surface area contributed by atoms with E-state index in [0.29, 0.717) is 0 Å². The van der Waals surface area contributed by atoms with Gasteiger partial charge in [0.25, 0.3) is 0 Å². The highest BCUT2D eigenvalue weighted by Crippen LogP contribution is 2.24. The number of carboxylic acids is 1. The summed E-state index contributed by atoms with van der Waals surface area (Å²) in [5.41, 5.74) is 0.889. The van der Waals surface area contributed by atoms with Gasteiger partial charge in [0.1, 0.15) is 11.5 Å². The quantitative estimate of drug-likeness (QED) is 0.582. The fraction of sp³-hybridized carbons (Fsp3) is 0.0588. The first-order valence-corrected chi connectivity index (χ1v) is 6.69. The summed E-state index contributed by atoms with van der Waals surface area (Å²) in [6, 6.07) is 10.8. The second-order valence-corrected chi connectivity index (χ2v) is 4.63. The first-order valence-electron chi connectivity index (χ1n) is 6.69. The van der Waals surface area contributed by atoms with Crippen molar-refractivity contribution in [3.05, 3.63) is 59.7 Å². The van der Waals surface area contributed by atoms with Gasteiger partial charge in [-0.3, -0.25) is 4.79 Å². The minimum atomic E-state index is -1.16. The number of hydrogen-bond donors (Lipinski definition) is 3. The van der Waals surface area contributed by atoms with E-state index in [2.05, 4.69) is 5.32 Å². The third kappa shape index (κ3) is 4.34. The Morgan fingerprint density at radius 3 is 2.39 bits per heavy atom. The first kappa shape index (κ1) is 16.1. The molecule has 0 heterocycles. The number of phenolic OH excluding ortho intramolecular Hbond substituents is 1. The molecule has 0 saturated heterocycles. The Balaban J connectivity index is 2.04. The summed E-state index contributed by atoms with van der Waals surface area (Å²) in [7, 11) is 1.57. The molecular weight excluding hydrogens is 298 g/mol. The van der Waals surface area contributed by atoms with E-state index in [0.717, 1.165) is 17.4 Å². The molecule has 6 nitrogen and oxygen atoms in total. The predicted octanol–water partition coefficient (Wildman–Crippen LogP) is 2.75. The maximum atomic E-state index is 11.8. The minimum Gasteiger partial charge on any atom is -0.506 e. The van der Waals surface area contributed by atoms with Crippen LogP contribution in [0, 0.1) is 0 Å². The van der Waals surface area contributed by atoms with Gasteiger partial charge >= 0.3 is 5.97 Å². The average Bonchev–Trinajstić information content (AvgIpc) is 2.55. The maximum absolute atomic E-state index is 11.8. The Labute approximate surface area is 132 Å². The number of carbonyl (C=O) groups is 2. The number of methoxy groups -OCH3 is 1. The summed E-state index contributed by atoms with van der Waals surface area (Å²) in [6.07, 6.45) is 2.92. The van der Waals surface area contributed by atoms with Crippen LogP contribution in [0.1, 0.15) is 15.9 Å². The Kier molecular flexibility index (Phi) is 4.99. The zero-order valence-electron chi connectivity index (χ0n) is 12.3. The molecule has 0 radical (unpaired) electrons. The summed E-state index contributed by atoms with van der Waals surface area (Å²) in [5.74, 6) is -1.19. The molecule has 3 N–H and O–H groups in total. The monoisotopic (exact) mass is 313 g/mol. The van der Waals surface area contributed by atoms with Crippen LogP contribution in [-0.2, 0) is 4.79 Å². The molecule has 0 aromatic heterocycles. The number of rotatable bonds is 5. The molecule has 0 atom stereocenters. The fourth-order valence-corrected chi connectivity index (χ4v) is 1.83. The molecule has 23 heavy (non-hydrogen) atoms. The van der Waals surface area contributed by atoms with Gasteiger partial charge in [0, 0.05) is 6.08 Å². The summed E-state index contributed by atoms with van der Waals surface area (Å²) in [6.45, 7) is 0. The molecule has 0 unspecified atom stereocenters. The van der Waals surface area contributed by atoms with E-state index in [1.807, 2.05) is 0 Å². The van der Waals surface area contributed by atoms with E-state index in [1.54, 1.807) is 37.5 Å². The number of amides is 1. The van der Waals surface area contributed by atoms with Crippen LogP contribution in [0.15, 0.2) is 48.5 Å². The van der Waals surface area contributed by atoms with Gasteiger partial charge in [-0.15, -0.1) is 0 Å². The van der Waals surface area contributed by atoms with Crippen molar-refractivity contribution in [2.24, 2.45) is 0 Å². The number of aromatic hydroxyl groups is 1. The molecule has 0 saturated carbocycles. The SMILES string of the molecule is COc1ccc(/C=C/C(=O)Nc2ccc(C(=O)O)cc2O)cc1. The Bertz CT molecular complexity index is 750. The predicted molar refractivity (Wildman–Crippen MR) is 85.7 cm³/mol. The van der Waals surface area contributed by atoms with Gasteiger partial charge in [0.15, 0.2) is 0 Å². The van der Waals surface area contributed by atoms with Crippen LogP contribution in [0.2, 0.25) is 0 Å². The Morgan fingerprint density at radius 1 is 1.13 bits per heavy atom. The zero-order valence-corrected chi connectivity index (χ0v) is 12.3. The number of carbonyl (C=O) groups excluding carboxylic acids is 1. The highest BCUT2D eigenvalue weighted by atomic mass is 16.5. The molecule has 0 fully saturated rings. The van der Waals surface area contributed by atoms with E-state index in [9.17, 15) is 14.7 Å². The van der Waals surface area contributed by atoms with Crippen molar-refractivity contribution in [3.63, 3.8) is 0 Å². The summed E-state index contributed by atoms with van der Waals surface area (Å²) in [5, 5.41) is 21.0. The lowest BCUT2D eigenvalue weighted by molar-refractivity contribution is -0.111. The Morgan fingerprint density at radius 2 is 1.83 bits per heavy atom. The highest BCUT2D eigenvalue weighted by Gasteiger charge is 2.08. The van der Waals surface area contributed by atoms with Crippen molar-refractivity contribution in [3.8, 4) is 11.5 Å². The molecule has 2 aromatic carbocycles. The van der Waals surface area contributed by atoms with Crippen molar-refractivity contribution in [2.75, 3.05) is 12.4 Å². The topological polar surface area (TPSA) is 95.9 Å². The standard InChI is InChI=1S/C17H15NO5/c1-23-13-6-2-11(3-7-13)4-9-16(20)18-14-8-5-12(17(21)22)10-15(14)19/h2-10,19H,1H3,(H,18,20)(H,21,22)/b9-4+. The second kappa shape index (κ2) is 7.13. The minimum absolute atomic E-state index is 0.0609. The van der Waals surface area contributed by atoms with E-state index >= 15 is 0 Å². The van der Waals surface area contributed by atoms with Gasteiger partial charge in [0.2, 0.25) is 5.91 Å². The number of anilines is 1. The number of phenols is 1. The van der Waals surface area contributed by atoms with Crippen molar-refractivity contribution in [1.29, 1.82) is 0 Å². The van der Waals surface area contributed by atoms with E-state index in [4.69, 9.17) is 9.84 Å². The summed E-state index contributed by atoms with van der Waals surface area (Å²) < 4.78 is 5.04. The molecule has 1 amide bonds. The number of hydrogen-bond acceptors (Lipinski definition) is 4. The third-order valence-electron chi connectivity index (χ3n) is 3.05. The number of ether oxygens (including phenoxy) is 1. The lowest BCUT2D eigenvalue weighted by Crippen LogP contribution is -2.08. The van der Waals surface area contributed by atoms with Gasteiger partial charge in [-0.1, -0.05) is 12.1 Å². The van der Waals surface area contributed by atoms with Gasteiger partial charge in [-0.25, -0.2) is 4.79 Å². The van der Waals surface area contributed by atoms with Gasteiger partial charge < -0.3 is 20.3 Å². The normalized spacial score (nSPS) is 10.5.